The van der Waals surface area contributed by atoms with E-state index >= 15 is 0 Å². The minimum absolute atomic E-state index is 0.00130. The molecule has 0 radical (unpaired) electrons. The summed E-state index contributed by atoms with van der Waals surface area (Å²) in [7, 11) is 0. The molecule has 1 amide bonds. The monoisotopic (exact) mass is 216 g/mol. The lowest BCUT2D eigenvalue weighted by Crippen LogP contribution is -2.44. The zero-order valence-corrected chi connectivity index (χ0v) is 8.94. The summed E-state index contributed by atoms with van der Waals surface area (Å²) in [5, 5.41) is 6.07. The van der Waals surface area contributed by atoms with Crippen molar-refractivity contribution >= 4 is 17.7 Å². The molecule has 5 heteroatoms. The van der Waals surface area contributed by atoms with Crippen LogP contribution in [0.25, 0.3) is 0 Å². The van der Waals surface area contributed by atoms with Gasteiger partial charge < -0.3 is 10.1 Å². The molecule has 2 N–H and O–H groups in total. The summed E-state index contributed by atoms with van der Waals surface area (Å²) < 4.78 is 5.43. The van der Waals surface area contributed by atoms with Gasteiger partial charge in [0, 0.05) is 24.8 Å². The fourth-order valence-electron chi connectivity index (χ4n) is 1.71. The van der Waals surface area contributed by atoms with Gasteiger partial charge in [-0.2, -0.15) is 0 Å². The Kier molecular flexibility index (Phi) is 3.67. The molecule has 2 aliphatic rings. The Labute approximate surface area is 88.1 Å². The number of hydrogen-bond donors (Lipinski definition) is 2. The lowest BCUT2D eigenvalue weighted by molar-refractivity contribution is -0.122. The molecule has 2 saturated heterocycles. The maximum Gasteiger partial charge on any atom is 0.238 e. The fourth-order valence-corrected chi connectivity index (χ4v) is 2.65. The molecule has 2 aliphatic heterocycles. The van der Waals surface area contributed by atoms with Crippen LogP contribution < -0.4 is 10.6 Å². The Hall–Kier alpha value is -0.260. The summed E-state index contributed by atoms with van der Waals surface area (Å²) in [6.45, 7) is 1.51. The number of amides is 1. The van der Waals surface area contributed by atoms with Gasteiger partial charge in [0.15, 0.2) is 0 Å². The van der Waals surface area contributed by atoms with E-state index in [4.69, 9.17) is 4.74 Å². The first-order chi connectivity index (χ1) is 6.86. The Balaban J connectivity index is 1.66. The van der Waals surface area contributed by atoms with E-state index < -0.39 is 0 Å². The molecule has 2 fully saturated rings. The smallest absolute Gasteiger partial charge is 0.238 e. The summed E-state index contributed by atoms with van der Waals surface area (Å²) in [5.74, 6) is 1.89. The topological polar surface area (TPSA) is 50.4 Å². The first-order valence-corrected chi connectivity index (χ1v) is 6.22. The molecule has 0 aliphatic carbocycles. The molecular formula is C9H16N2O2S. The van der Waals surface area contributed by atoms with Gasteiger partial charge in [-0.05, 0) is 12.8 Å². The van der Waals surface area contributed by atoms with E-state index in [1.165, 1.54) is 0 Å². The second-order valence-corrected chi connectivity index (χ2v) is 4.68. The SMILES string of the molecule is O=C(NCC1CCCO1)C1CSCN1. The van der Waals surface area contributed by atoms with Crippen molar-refractivity contribution in [1.82, 2.24) is 10.6 Å². The van der Waals surface area contributed by atoms with Gasteiger partial charge in [0.05, 0.1) is 12.1 Å². The molecule has 4 nitrogen and oxygen atoms in total. The third kappa shape index (κ3) is 2.62. The summed E-state index contributed by atoms with van der Waals surface area (Å²) in [6, 6.07) is 0.00130. The number of thioether (sulfide) groups is 1. The van der Waals surface area contributed by atoms with Crippen LogP contribution in [-0.2, 0) is 9.53 Å². The first-order valence-electron chi connectivity index (χ1n) is 5.07. The zero-order chi connectivity index (χ0) is 9.80. The molecule has 2 atom stereocenters. The summed E-state index contributed by atoms with van der Waals surface area (Å²) in [4.78, 5) is 11.6. The van der Waals surface area contributed by atoms with Crippen LogP contribution in [0.1, 0.15) is 12.8 Å². The van der Waals surface area contributed by atoms with Crippen LogP contribution in [0, 0.1) is 0 Å². The van der Waals surface area contributed by atoms with Crippen LogP contribution >= 0.6 is 11.8 Å². The van der Waals surface area contributed by atoms with Crippen molar-refractivity contribution in [3.05, 3.63) is 0 Å². The largest absolute Gasteiger partial charge is 0.376 e. The predicted octanol–water partition coefficient (Wildman–Crippen LogP) is -0.0559. The minimum atomic E-state index is 0.00130. The zero-order valence-electron chi connectivity index (χ0n) is 8.12. The van der Waals surface area contributed by atoms with E-state index in [9.17, 15) is 4.79 Å². The maximum absolute atomic E-state index is 11.6. The Morgan fingerprint density at radius 3 is 3.21 bits per heavy atom. The molecule has 0 aromatic rings. The second-order valence-electron chi connectivity index (χ2n) is 3.65. The predicted molar refractivity (Wildman–Crippen MR) is 56.2 cm³/mol. The summed E-state index contributed by atoms with van der Waals surface area (Å²) in [5.41, 5.74) is 0. The van der Waals surface area contributed by atoms with Crippen LogP contribution in [-0.4, -0.2) is 42.8 Å². The normalized spacial score (nSPS) is 32.0. The summed E-state index contributed by atoms with van der Waals surface area (Å²) in [6.07, 6.45) is 2.44. The van der Waals surface area contributed by atoms with Gasteiger partial charge in [0.25, 0.3) is 0 Å². The molecule has 0 saturated carbocycles. The van der Waals surface area contributed by atoms with E-state index in [1.54, 1.807) is 11.8 Å². The van der Waals surface area contributed by atoms with Gasteiger partial charge in [0.2, 0.25) is 5.91 Å². The number of carbonyl (C=O) groups is 1. The molecule has 0 aromatic carbocycles. The Morgan fingerprint density at radius 1 is 1.64 bits per heavy atom. The highest BCUT2D eigenvalue weighted by atomic mass is 32.2. The average molecular weight is 216 g/mol. The molecular weight excluding hydrogens is 200 g/mol. The fraction of sp³-hybridized carbons (Fsp3) is 0.889. The van der Waals surface area contributed by atoms with E-state index in [2.05, 4.69) is 10.6 Å². The van der Waals surface area contributed by atoms with Crippen molar-refractivity contribution in [2.45, 2.75) is 25.0 Å². The van der Waals surface area contributed by atoms with Crippen molar-refractivity contribution < 1.29 is 9.53 Å². The lowest BCUT2D eigenvalue weighted by atomic mass is 10.2. The number of carbonyl (C=O) groups excluding carboxylic acids is 1. The third-order valence-corrected chi connectivity index (χ3v) is 3.50. The quantitative estimate of drug-likeness (QED) is 0.694. The van der Waals surface area contributed by atoms with Crippen molar-refractivity contribution in [3.63, 3.8) is 0 Å². The van der Waals surface area contributed by atoms with E-state index in [0.717, 1.165) is 31.1 Å². The third-order valence-electron chi connectivity index (χ3n) is 2.56. The molecule has 2 rings (SSSR count). The number of ether oxygens (including phenoxy) is 1. The van der Waals surface area contributed by atoms with Crippen molar-refractivity contribution in [2.24, 2.45) is 0 Å². The lowest BCUT2D eigenvalue weighted by Gasteiger charge is -2.13. The standard InChI is InChI=1S/C9H16N2O2S/c12-9(8-5-14-6-11-8)10-4-7-2-1-3-13-7/h7-8,11H,1-6H2,(H,10,12). The van der Waals surface area contributed by atoms with Crippen LogP contribution in [0.15, 0.2) is 0 Å². The van der Waals surface area contributed by atoms with Gasteiger partial charge in [0.1, 0.15) is 0 Å². The average Bonchev–Trinajstić information content (AvgIpc) is 2.87. The molecule has 0 bridgehead atoms. The highest BCUT2D eigenvalue weighted by molar-refractivity contribution is 7.99. The molecule has 0 spiro atoms. The molecule has 2 unspecified atom stereocenters. The number of hydrogen-bond acceptors (Lipinski definition) is 4. The van der Waals surface area contributed by atoms with E-state index in [0.29, 0.717) is 6.54 Å². The van der Waals surface area contributed by atoms with Gasteiger partial charge >= 0.3 is 0 Å². The van der Waals surface area contributed by atoms with E-state index in [1.807, 2.05) is 0 Å². The summed E-state index contributed by atoms with van der Waals surface area (Å²) >= 11 is 1.77. The van der Waals surface area contributed by atoms with Crippen molar-refractivity contribution in [3.8, 4) is 0 Å². The van der Waals surface area contributed by atoms with Gasteiger partial charge in [-0.3, -0.25) is 10.1 Å². The van der Waals surface area contributed by atoms with Gasteiger partial charge in [-0.25, -0.2) is 0 Å². The highest BCUT2D eigenvalue weighted by Crippen LogP contribution is 2.12. The first kappa shape index (κ1) is 10.3. The minimum Gasteiger partial charge on any atom is -0.376 e. The van der Waals surface area contributed by atoms with Gasteiger partial charge in [-0.15, -0.1) is 11.8 Å². The molecule has 0 aromatic heterocycles. The number of rotatable bonds is 3. The Bertz CT molecular complexity index is 201. The number of nitrogens with one attached hydrogen (secondary N) is 2. The molecule has 2 heterocycles. The van der Waals surface area contributed by atoms with Crippen LogP contribution in [0.5, 0.6) is 0 Å². The Morgan fingerprint density at radius 2 is 2.57 bits per heavy atom. The maximum atomic E-state index is 11.6. The second kappa shape index (κ2) is 5.00. The van der Waals surface area contributed by atoms with Crippen molar-refractivity contribution in [2.75, 3.05) is 24.8 Å². The van der Waals surface area contributed by atoms with E-state index in [-0.39, 0.29) is 18.1 Å². The highest BCUT2D eigenvalue weighted by Gasteiger charge is 2.23. The van der Waals surface area contributed by atoms with Crippen LogP contribution in [0.2, 0.25) is 0 Å². The van der Waals surface area contributed by atoms with Crippen molar-refractivity contribution in [1.29, 1.82) is 0 Å². The van der Waals surface area contributed by atoms with Gasteiger partial charge in [-0.1, -0.05) is 0 Å². The van der Waals surface area contributed by atoms with Crippen LogP contribution in [0.3, 0.4) is 0 Å². The molecule has 14 heavy (non-hydrogen) atoms. The molecule has 80 valence electrons. The van der Waals surface area contributed by atoms with Crippen LogP contribution in [0.4, 0.5) is 0 Å².